The third kappa shape index (κ3) is 0.936. The van der Waals surface area contributed by atoms with Crippen molar-refractivity contribution in [2.75, 3.05) is 6.54 Å². The van der Waals surface area contributed by atoms with Gasteiger partial charge in [0.15, 0.2) is 0 Å². The molecular formula is C10H19N. The van der Waals surface area contributed by atoms with Gasteiger partial charge in [-0.25, -0.2) is 0 Å². The average Bonchev–Trinajstić information content (AvgIpc) is 2.17. The van der Waals surface area contributed by atoms with Crippen molar-refractivity contribution in [3.63, 3.8) is 0 Å². The van der Waals surface area contributed by atoms with Gasteiger partial charge < -0.3 is 5.32 Å². The summed E-state index contributed by atoms with van der Waals surface area (Å²) in [6.07, 6.45) is 2.80. The van der Waals surface area contributed by atoms with Gasteiger partial charge in [0.25, 0.3) is 0 Å². The molecule has 1 heteroatoms. The Morgan fingerprint density at radius 1 is 1.36 bits per heavy atom. The Hall–Kier alpha value is -0.0400. The minimum absolute atomic E-state index is 0.579. The van der Waals surface area contributed by atoms with Gasteiger partial charge in [-0.05, 0) is 36.6 Å². The van der Waals surface area contributed by atoms with E-state index in [2.05, 4.69) is 26.1 Å². The highest BCUT2D eigenvalue weighted by atomic mass is 15.0. The fraction of sp³-hybridized carbons (Fsp3) is 1.00. The van der Waals surface area contributed by atoms with Crippen LogP contribution in [0.25, 0.3) is 0 Å². The van der Waals surface area contributed by atoms with Crippen molar-refractivity contribution in [1.82, 2.24) is 5.32 Å². The van der Waals surface area contributed by atoms with Crippen LogP contribution in [0.4, 0.5) is 0 Å². The lowest BCUT2D eigenvalue weighted by Crippen LogP contribution is -2.55. The van der Waals surface area contributed by atoms with E-state index in [4.69, 9.17) is 0 Å². The van der Waals surface area contributed by atoms with Crippen LogP contribution < -0.4 is 5.32 Å². The molecule has 0 aromatic rings. The van der Waals surface area contributed by atoms with E-state index >= 15 is 0 Å². The third-order valence-corrected chi connectivity index (χ3v) is 4.02. The Morgan fingerprint density at radius 3 is 2.73 bits per heavy atom. The quantitative estimate of drug-likeness (QED) is 0.561. The van der Waals surface area contributed by atoms with Gasteiger partial charge in [-0.15, -0.1) is 0 Å². The summed E-state index contributed by atoms with van der Waals surface area (Å²) in [5.74, 6) is 1.93. The summed E-state index contributed by atoms with van der Waals surface area (Å²) in [6.45, 7) is 8.49. The zero-order valence-electron chi connectivity index (χ0n) is 7.85. The van der Waals surface area contributed by atoms with E-state index in [0.717, 1.165) is 17.9 Å². The largest absolute Gasteiger partial charge is 0.313 e. The summed E-state index contributed by atoms with van der Waals surface area (Å²) in [7, 11) is 0. The van der Waals surface area contributed by atoms with Crippen molar-refractivity contribution in [1.29, 1.82) is 0 Å². The zero-order valence-corrected chi connectivity index (χ0v) is 7.85. The standard InChI is InChI=1S/C10H19N/c1-7-4-5-11-9-6-8(7)10(9,2)3/h7-9,11H,4-6H2,1-3H3. The SMILES string of the molecule is CC1CCNC2CC1C2(C)C. The Morgan fingerprint density at radius 2 is 2.09 bits per heavy atom. The van der Waals surface area contributed by atoms with Crippen LogP contribution in [-0.4, -0.2) is 12.6 Å². The van der Waals surface area contributed by atoms with Gasteiger partial charge >= 0.3 is 0 Å². The summed E-state index contributed by atoms with van der Waals surface area (Å²) in [5, 5.41) is 3.63. The predicted molar refractivity (Wildman–Crippen MR) is 47.5 cm³/mol. The first-order valence-electron chi connectivity index (χ1n) is 4.86. The fourth-order valence-electron chi connectivity index (χ4n) is 2.96. The van der Waals surface area contributed by atoms with Gasteiger partial charge in [0.1, 0.15) is 0 Å². The van der Waals surface area contributed by atoms with Gasteiger partial charge in [-0.2, -0.15) is 0 Å². The van der Waals surface area contributed by atoms with Gasteiger partial charge in [0, 0.05) is 6.04 Å². The lowest BCUT2D eigenvalue weighted by molar-refractivity contribution is -0.00130. The fourth-order valence-corrected chi connectivity index (χ4v) is 2.96. The van der Waals surface area contributed by atoms with Gasteiger partial charge in [-0.3, -0.25) is 0 Å². The number of rotatable bonds is 0. The molecule has 0 radical (unpaired) electrons. The molecule has 3 unspecified atom stereocenters. The second-order valence-corrected chi connectivity index (χ2v) is 4.94. The Kier molecular flexibility index (Phi) is 1.54. The monoisotopic (exact) mass is 153 g/mol. The highest BCUT2D eigenvalue weighted by molar-refractivity contribution is 5.04. The lowest BCUT2D eigenvalue weighted by Gasteiger charge is -2.53. The molecule has 0 aromatic heterocycles. The van der Waals surface area contributed by atoms with Crippen molar-refractivity contribution >= 4 is 0 Å². The van der Waals surface area contributed by atoms with Crippen molar-refractivity contribution in [2.24, 2.45) is 17.3 Å². The molecule has 3 rings (SSSR count). The van der Waals surface area contributed by atoms with Crippen LogP contribution in [0.1, 0.15) is 33.6 Å². The Labute approximate surface area is 69.6 Å². The highest BCUT2D eigenvalue weighted by Crippen LogP contribution is 2.52. The van der Waals surface area contributed by atoms with Gasteiger partial charge in [0.05, 0.1) is 0 Å². The van der Waals surface area contributed by atoms with E-state index in [1.807, 2.05) is 0 Å². The first kappa shape index (κ1) is 7.60. The number of fused-ring (bicyclic) bond motifs is 3. The average molecular weight is 153 g/mol. The van der Waals surface area contributed by atoms with E-state index in [1.54, 1.807) is 0 Å². The van der Waals surface area contributed by atoms with E-state index in [9.17, 15) is 0 Å². The molecule has 2 saturated heterocycles. The van der Waals surface area contributed by atoms with E-state index in [1.165, 1.54) is 19.4 Å². The molecule has 2 heterocycles. The van der Waals surface area contributed by atoms with Crippen LogP contribution in [0.15, 0.2) is 0 Å². The second kappa shape index (κ2) is 2.22. The molecule has 1 N–H and O–H groups in total. The normalized spacial score (nSPS) is 47.7. The van der Waals surface area contributed by atoms with Crippen molar-refractivity contribution in [2.45, 2.75) is 39.7 Å². The minimum Gasteiger partial charge on any atom is -0.313 e. The molecule has 2 bridgehead atoms. The summed E-state index contributed by atoms with van der Waals surface area (Å²) in [5.41, 5.74) is 0.579. The highest BCUT2D eigenvalue weighted by Gasteiger charge is 2.50. The molecule has 3 aliphatic rings. The van der Waals surface area contributed by atoms with E-state index < -0.39 is 0 Å². The van der Waals surface area contributed by atoms with Gasteiger partial charge in [-0.1, -0.05) is 20.8 Å². The molecular weight excluding hydrogens is 134 g/mol. The van der Waals surface area contributed by atoms with Crippen LogP contribution in [-0.2, 0) is 0 Å². The smallest absolute Gasteiger partial charge is 0.0124 e. The summed E-state index contributed by atoms with van der Waals surface area (Å²) in [6, 6.07) is 0.817. The molecule has 2 aliphatic heterocycles. The Balaban J connectivity index is 2.16. The molecule has 0 spiro atoms. The van der Waals surface area contributed by atoms with Crippen molar-refractivity contribution in [3.05, 3.63) is 0 Å². The first-order chi connectivity index (χ1) is 5.12. The first-order valence-corrected chi connectivity index (χ1v) is 4.86. The number of hydrogen-bond acceptors (Lipinski definition) is 1. The molecule has 11 heavy (non-hydrogen) atoms. The molecule has 3 atom stereocenters. The van der Waals surface area contributed by atoms with E-state index in [0.29, 0.717) is 5.41 Å². The van der Waals surface area contributed by atoms with Crippen LogP contribution in [0.2, 0.25) is 0 Å². The maximum atomic E-state index is 3.63. The number of hydrogen-bond donors (Lipinski definition) is 1. The molecule has 1 saturated carbocycles. The lowest BCUT2D eigenvalue weighted by atomic mass is 9.55. The topological polar surface area (TPSA) is 12.0 Å². The minimum atomic E-state index is 0.579. The maximum Gasteiger partial charge on any atom is 0.0124 e. The van der Waals surface area contributed by atoms with Crippen molar-refractivity contribution < 1.29 is 0 Å². The predicted octanol–water partition coefficient (Wildman–Crippen LogP) is 2.03. The van der Waals surface area contributed by atoms with Crippen LogP contribution in [0.3, 0.4) is 0 Å². The molecule has 0 aromatic carbocycles. The Bertz CT molecular complexity index is 162. The zero-order chi connectivity index (χ0) is 8.06. The molecule has 1 aliphatic carbocycles. The third-order valence-electron chi connectivity index (χ3n) is 4.02. The van der Waals surface area contributed by atoms with Crippen LogP contribution in [0.5, 0.6) is 0 Å². The summed E-state index contributed by atoms with van der Waals surface area (Å²) in [4.78, 5) is 0. The molecule has 0 amide bonds. The molecule has 64 valence electrons. The summed E-state index contributed by atoms with van der Waals surface area (Å²) >= 11 is 0. The second-order valence-electron chi connectivity index (χ2n) is 4.94. The summed E-state index contributed by atoms with van der Waals surface area (Å²) < 4.78 is 0. The molecule has 1 nitrogen and oxygen atoms in total. The van der Waals surface area contributed by atoms with E-state index in [-0.39, 0.29) is 0 Å². The van der Waals surface area contributed by atoms with Gasteiger partial charge in [0.2, 0.25) is 0 Å². The maximum absolute atomic E-state index is 3.63. The van der Waals surface area contributed by atoms with Crippen LogP contribution in [0, 0.1) is 17.3 Å². The molecule has 3 fully saturated rings. The number of nitrogens with one attached hydrogen (secondary N) is 1. The van der Waals surface area contributed by atoms with Crippen molar-refractivity contribution in [3.8, 4) is 0 Å². The van der Waals surface area contributed by atoms with Crippen LogP contribution >= 0.6 is 0 Å².